The number of nitrogens with zero attached hydrogens (tertiary/aromatic N) is 3. The summed E-state index contributed by atoms with van der Waals surface area (Å²) in [6, 6.07) is 14.5. The fraction of sp³-hybridized carbons (Fsp3) is 0.172. The van der Waals surface area contributed by atoms with Crippen molar-refractivity contribution in [2.24, 2.45) is 0 Å². The van der Waals surface area contributed by atoms with Gasteiger partial charge in [-0.05, 0) is 36.8 Å². The van der Waals surface area contributed by atoms with Crippen molar-refractivity contribution in [1.82, 2.24) is 14.5 Å². The van der Waals surface area contributed by atoms with Gasteiger partial charge in [-0.3, -0.25) is 14.6 Å². The van der Waals surface area contributed by atoms with Crippen LogP contribution in [-0.4, -0.2) is 31.2 Å². The SMILES string of the molecule is CCn1cnc(-c2cc3nccc(Oc4ccc(CC(=O)CC(=O)Cc5ccccc5O)cc4F)c3s2)c1. The second-order valence-corrected chi connectivity index (χ2v) is 9.88. The van der Waals surface area contributed by atoms with Crippen LogP contribution >= 0.6 is 11.3 Å². The Balaban J connectivity index is 1.26. The Labute approximate surface area is 222 Å². The van der Waals surface area contributed by atoms with Gasteiger partial charge in [-0.15, -0.1) is 11.3 Å². The molecule has 0 bridgehead atoms. The Kier molecular flexibility index (Phi) is 7.28. The van der Waals surface area contributed by atoms with Gasteiger partial charge >= 0.3 is 0 Å². The van der Waals surface area contributed by atoms with Crippen LogP contribution in [0.4, 0.5) is 4.39 Å². The van der Waals surface area contributed by atoms with Crippen molar-refractivity contribution in [3.63, 3.8) is 0 Å². The third-order valence-electron chi connectivity index (χ3n) is 6.02. The van der Waals surface area contributed by atoms with Gasteiger partial charge in [-0.1, -0.05) is 24.3 Å². The zero-order valence-corrected chi connectivity index (χ0v) is 21.4. The second-order valence-electron chi connectivity index (χ2n) is 8.83. The van der Waals surface area contributed by atoms with Crippen LogP contribution in [0.25, 0.3) is 20.8 Å². The molecule has 38 heavy (non-hydrogen) atoms. The van der Waals surface area contributed by atoms with Gasteiger partial charge in [0.1, 0.15) is 23.1 Å². The molecule has 3 aromatic heterocycles. The highest BCUT2D eigenvalue weighted by Crippen LogP contribution is 2.39. The number of ketones is 2. The van der Waals surface area contributed by atoms with Crippen molar-refractivity contribution in [3.05, 3.63) is 90.3 Å². The van der Waals surface area contributed by atoms with Crippen molar-refractivity contribution in [3.8, 4) is 27.8 Å². The predicted octanol–water partition coefficient (Wildman–Crippen LogP) is 6.13. The Morgan fingerprint density at radius 1 is 1.03 bits per heavy atom. The summed E-state index contributed by atoms with van der Waals surface area (Å²) in [5, 5.41) is 9.82. The van der Waals surface area contributed by atoms with Crippen molar-refractivity contribution >= 4 is 33.1 Å². The summed E-state index contributed by atoms with van der Waals surface area (Å²) in [6.45, 7) is 2.86. The van der Waals surface area contributed by atoms with Crippen molar-refractivity contribution < 1.29 is 23.8 Å². The Bertz CT molecular complexity index is 1640. The number of aromatic nitrogens is 3. The van der Waals surface area contributed by atoms with Gasteiger partial charge in [-0.25, -0.2) is 9.37 Å². The zero-order valence-electron chi connectivity index (χ0n) is 20.6. The van der Waals surface area contributed by atoms with Crippen LogP contribution in [0.5, 0.6) is 17.2 Å². The molecule has 3 heterocycles. The molecule has 0 fully saturated rings. The summed E-state index contributed by atoms with van der Waals surface area (Å²) in [4.78, 5) is 34.5. The number of hydrogen-bond donors (Lipinski definition) is 1. The lowest BCUT2D eigenvalue weighted by Gasteiger charge is -2.09. The molecular weight excluding hydrogens is 505 g/mol. The first-order valence-electron chi connectivity index (χ1n) is 12.1. The van der Waals surface area contributed by atoms with Gasteiger partial charge in [0.15, 0.2) is 11.6 Å². The normalized spacial score (nSPS) is 11.1. The van der Waals surface area contributed by atoms with E-state index in [4.69, 9.17) is 4.74 Å². The highest BCUT2D eigenvalue weighted by molar-refractivity contribution is 7.22. The van der Waals surface area contributed by atoms with Gasteiger partial charge < -0.3 is 14.4 Å². The van der Waals surface area contributed by atoms with Gasteiger partial charge in [-0.2, -0.15) is 0 Å². The van der Waals surface area contributed by atoms with Gasteiger partial charge in [0.25, 0.3) is 0 Å². The minimum absolute atomic E-state index is 0.0171. The van der Waals surface area contributed by atoms with E-state index in [1.54, 1.807) is 42.9 Å². The van der Waals surface area contributed by atoms with Crippen LogP contribution in [0.3, 0.4) is 0 Å². The lowest BCUT2D eigenvalue weighted by molar-refractivity contribution is -0.126. The molecule has 2 aromatic carbocycles. The number of halogens is 1. The van der Waals surface area contributed by atoms with E-state index in [-0.39, 0.29) is 42.3 Å². The summed E-state index contributed by atoms with van der Waals surface area (Å²) in [7, 11) is 0. The number of Topliss-reactive ketones (excluding diaryl/α,β-unsaturated/α-hetero) is 2. The maximum absolute atomic E-state index is 14.9. The highest BCUT2D eigenvalue weighted by atomic mass is 32.1. The van der Waals surface area contributed by atoms with Crippen molar-refractivity contribution in [1.29, 1.82) is 0 Å². The third kappa shape index (κ3) is 5.63. The molecule has 0 aliphatic rings. The van der Waals surface area contributed by atoms with Crippen LogP contribution in [0, 0.1) is 5.82 Å². The fourth-order valence-corrected chi connectivity index (χ4v) is 5.11. The number of imidazole rings is 1. The molecule has 7 nitrogen and oxygen atoms in total. The van der Waals surface area contributed by atoms with Crippen molar-refractivity contribution in [2.75, 3.05) is 0 Å². The molecular formula is C29H24FN3O4S. The van der Waals surface area contributed by atoms with E-state index in [0.717, 1.165) is 27.3 Å². The fourth-order valence-electron chi connectivity index (χ4n) is 4.08. The molecule has 0 unspecified atom stereocenters. The monoisotopic (exact) mass is 529 g/mol. The van der Waals surface area contributed by atoms with E-state index in [0.29, 0.717) is 16.9 Å². The lowest BCUT2D eigenvalue weighted by atomic mass is 10.0. The van der Waals surface area contributed by atoms with E-state index < -0.39 is 5.82 Å². The van der Waals surface area contributed by atoms with Crippen LogP contribution < -0.4 is 4.74 Å². The number of phenolic OH excluding ortho intramolecular Hbond substituents is 1. The number of hydrogen-bond acceptors (Lipinski definition) is 7. The zero-order chi connectivity index (χ0) is 26.6. The maximum Gasteiger partial charge on any atom is 0.166 e. The molecule has 0 saturated carbocycles. The van der Waals surface area contributed by atoms with Crippen molar-refractivity contribution in [2.45, 2.75) is 32.7 Å². The number of aromatic hydroxyl groups is 1. The number of rotatable bonds is 10. The molecule has 0 aliphatic carbocycles. The smallest absolute Gasteiger partial charge is 0.166 e. The van der Waals surface area contributed by atoms with Gasteiger partial charge in [0, 0.05) is 43.4 Å². The first-order valence-corrected chi connectivity index (χ1v) is 12.9. The number of pyridine rings is 1. The number of carbonyl (C=O) groups is 2. The number of benzene rings is 2. The molecule has 5 rings (SSSR count). The number of para-hydroxylation sites is 1. The van der Waals surface area contributed by atoms with Gasteiger partial charge in [0.05, 0.1) is 33.5 Å². The van der Waals surface area contributed by atoms with E-state index >= 15 is 0 Å². The number of ether oxygens (including phenoxy) is 1. The maximum atomic E-state index is 14.9. The van der Waals surface area contributed by atoms with E-state index in [2.05, 4.69) is 9.97 Å². The van der Waals surface area contributed by atoms with E-state index in [9.17, 15) is 19.1 Å². The number of aryl methyl sites for hydroxylation is 1. The summed E-state index contributed by atoms with van der Waals surface area (Å²) < 4.78 is 23.6. The minimum atomic E-state index is -0.612. The van der Waals surface area contributed by atoms with Crippen LogP contribution in [0.2, 0.25) is 0 Å². The van der Waals surface area contributed by atoms with Crippen LogP contribution in [-0.2, 0) is 29.0 Å². The number of carbonyl (C=O) groups excluding carboxylic acids is 2. The Hall–Kier alpha value is -4.37. The molecule has 1 N–H and O–H groups in total. The molecule has 9 heteroatoms. The molecule has 192 valence electrons. The number of fused-ring (bicyclic) bond motifs is 1. The molecule has 0 amide bonds. The summed E-state index contributed by atoms with van der Waals surface area (Å²) >= 11 is 1.47. The standard InChI is InChI=1S/C29H24FN3O4S/c1-2-33-16-24(32-17-33)28-15-23-29(38-28)27(9-10-31-23)37-26-8-7-18(12-22(26)30)11-20(34)14-21(35)13-19-5-3-4-6-25(19)36/h3-10,12,15-17,36H,2,11,13-14H2,1H3. The van der Waals surface area contributed by atoms with Gasteiger partial charge in [0.2, 0.25) is 0 Å². The quantitative estimate of drug-likeness (QED) is 0.219. The topological polar surface area (TPSA) is 94.3 Å². The molecule has 0 aliphatic heterocycles. The Morgan fingerprint density at radius 3 is 2.61 bits per heavy atom. The van der Waals surface area contributed by atoms with Crippen LogP contribution in [0.15, 0.2) is 73.3 Å². The number of phenols is 1. The second kappa shape index (κ2) is 10.9. The minimum Gasteiger partial charge on any atom is -0.508 e. The average molecular weight is 530 g/mol. The largest absolute Gasteiger partial charge is 0.508 e. The average Bonchev–Trinajstić information content (AvgIpc) is 3.54. The molecule has 0 spiro atoms. The first kappa shape index (κ1) is 25.3. The summed E-state index contributed by atoms with van der Waals surface area (Å²) in [5.74, 6) is -0.739. The summed E-state index contributed by atoms with van der Waals surface area (Å²) in [5.41, 5.74) is 2.47. The molecule has 5 aromatic rings. The molecule has 0 radical (unpaired) electrons. The Morgan fingerprint density at radius 2 is 1.84 bits per heavy atom. The highest BCUT2D eigenvalue weighted by Gasteiger charge is 2.16. The predicted molar refractivity (Wildman–Crippen MR) is 143 cm³/mol. The van der Waals surface area contributed by atoms with Crippen LogP contribution in [0.1, 0.15) is 24.5 Å². The molecule has 0 saturated heterocycles. The summed E-state index contributed by atoms with van der Waals surface area (Å²) in [6.07, 6.45) is 4.93. The third-order valence-corrected chi connectivity index (χ3v) is 7.18. The number of thiophene rings is 1. The van der Waals surface area contributed by atoms with E-state index in [1.807, 2.05) is 23.8 Å². The lowest BCUT2D eigenvalue weighted by Crippen LogP contribution is -2.12. The molecule has 0 atom stereocenters. The van der Waals surface area contributed by atoms with E-state index in [1.165, 1.54) is 29.5 Å². The first-order chi connectivity index (χ1) is 18.4.